The summed E-state index contributed by atoms with van der Waals surface area (Å²) in [6, 6.07) is 13.9. The molecule has 2 aromatic carbocycles. The number of para-hydroxylation sites is 2. The highest BCUT2D eigenvalue weighted by Gasteiger charge is 2.18. The Balaban J connectivity index is 1.87. The van der Waals surface area contributed by atoms with E-state index in [-0.39, 0.29) is 11.1 Å². The highest BCUT2D eigenvalue weighted by atomic mass is 16.1. The van der Waals surface area contributed by atoms with Gasteiger partial charge in [0.05, 0.1) is 34.0 Å². The first-order valence-electron chi connectivity index (χ1n) is 8.75. The summed E-state index contributed by atoms with van der Waals surface area (Å²) in [7, 11) is 1.82. The molecular formula is C21H22N4O. The summed E-state index contributed by atoms with van der Waals surface area (Å²) in [6.07, 6.45) is 1.79. The molecule has 2 aromatic heterocycles. The number of rotatable bonds is 2. The summed E-state index contributed by atoms with van der Waals surface area (Å²) in [5.74, 6) is 0. The minimum atomic E-state index is 0.0108. The highest BCUT2D eigenvalue weighted by Crippen LogP contribution is 2.25. The zero-order valence-electron chi connectivity index (χ0n) is 15.5. The second kappa shape index (κ2) is 5.80. The van der Waals surface area contributed by atoms with Gasteiger partial charge in [-0.15, -0.1) is 0 Å². The van der Waals surface area contributed by atoms with Crippen LogP contribution in [0.25, 0.3) is 33.3 Å². The molecule has 2 heterocycles. The molecule has 0 aliphatic heterocycles. The van der Waals surface area contributed by atoms with Gasteiger partial charge in [-0.05, 0) is 29.7 Å². The molecule has 0 radical (unpaired) electrons. The smallest absolute Gasteiger partial charge is 0.295 e. The van der Waals surface area contributed by atoms with Crippen LogP contribution in [0.4, 0.5) is 0 Å². The van der Waals surface area contributed by atoms with E-state index in [9.17, 15) is 4.79 Å². The third-order valence-corrected chi connectivity index (χ3v) is 4.52. The normalized spacial score (nSPS) is 12.2. The minimum Gasteiger partial charge on any atom is -0.295 e. The zero-order chi connectivity index (χ0) is 18.5. The van der Waals surface area contributed by atoms with Crippen LogP contribution < -0.4 is 5.69 Å². The molecule has 4 rings (SSSR count). The van der Waals surface area contributed by atoms with E-state index < -0.39 is 0 Å². The Kier molecular flexibility index (Phi) is 3.68. The maximum absolute atomic E-state index is 12.7. The number of hydrogen-bond donors (Lipinski definition) is 0. The third-order valence-electron chi connectivity index (χ3n) is 4.52. The van der Waals surface area contributed by atoms with Crippen LogP contribution in [-0.4, -0.2) is 19.1 Å². The molecule has 0 fully saturated rings. The molecule has 0 N–H and O–H groups in total. The number of fused-ring (bicyclic) bond motifs is 2. The molecule has 5 nitrogen and oxygen atoms in total. The largest absolute Gasteiger partial charge is 0.328 e. The van der Waals surface area contributed by atoms with Crippen molar-refractivity contribution in [3.05, 3.63) is 59.1 Å². The Morgan fingerprint density at radius 3 is 2.46 bits per heavy atom. The van der Waals surface area contributed by atoms with Gasteiger partial charge in [-0.25, -0.2) is 9.78 Å². The lowest BCUT2D eigenvalue weighted by molar-refractivity contribution is 0.342. The molecule has 0 unspecified atom stereocenters. The second-order valence-electron chi connectivity index (χ2n) is 7.94. The van der Waals surface area contributed by atoms with Crippen molar-refractivity contribution in [2.45, 2.75) is 27.3 Å². The van der Waals surface area contributed by atoms with E-state index in [0.717, 1.165) is 33.3 Å². The number of hydrogen-bond acceptors (Lipinski definition) is 3. The van der Waals surface area contributed by atoms with Crippen LogP contribution >= 0.6 is 0 Å². The number of nitrogens with zero attached hydrogens (tertiary/aromatic N) is 4. The Morgan fingerprint density at radius 2 is 1.73 bits per heavy atom. The van der Waals surface area contributed by atoms with Crippen molar-refractivity contribution >= 4 is 22.1 Å². The Labute approximate surface area is 151 Å². The van der Waals surface area contributed by atoms with E-state index in [1.54, 1.807) is 10.8 Å². The van der Waals surface area contributed by atoms with Gasteiger partial charge in [0.15, 0.2) is 0 Å². The molecule has 0 spiro atoms. The topological polar surface area (TPSA) is 52.7 Å². The quantitative estimate of drug-likeness (QED) is 0.551. The Morgan fingerprint density at radius 1 is 1.00 bits per heavy atom. The van der Waals surface area contributed by atoms with Crippen molar-refractivity contribution in [3.8, 4) is 11.3 Å². The summed E-state index contributed by atoms with van der Waals surface area (Å²) in [5.41, 5.74) is 5.40. The fourth-order valence-corrected chi connectivity index (χ4v) is 3.29. The molecule has 0 amide bonds. The van der Waals surface area contributed by atoms with Crippen molar-refractivity contribution in [1.82, 2.24) is 19.1 Å². The average molecular weight is 346 g/mol. The van der Waals surface area contributed by atoms with Crippen molar-refractivity contribution in [3.63, 3.8) is 0 Å². The van der Waals surface area contributed by atoms with Crippen LogP contribution in [0.2, 0.25) is 0 Å². The van der Waals surface area contributed by atoms with Crippen molar-refractivity contribution in [2.24, 2.45) is 12.5 Å². The van der Waals surface area contributed by atoms with Gasteiger partial charge in [0, 0.05) is 19.2 Å². The molecule has 0 atom stereocenters. The average Bonchev–Trinajstić information content (AvgIpc) is 2.84. The summed E-state index contributed by atoms with van der Waals surface area (Å²) in [5, 5.41) is 0. The predicted molar refractivity (Wildman–Crippen MR) is 105 cm³/mol. The molecule has 0 saturated carbocycles. The van der Waals surface area contributed by atoms with E-state index in [4.69, 9.17) is 4.98 Å². The molecule has 132 valence electrons. The zero-order valence-corrected chi connectivity index (χ0v) is 15.5. The minimum absolute atomic E-state index is 0.0108. The van der Waals surface area contributed by atoms with E-state index in [1.807, 2.05) is 54.1 Å². The number of imidazole rings is 1. The van der Waals surface area contributed by atoms with Crippen molar-refractivity contribution < 1.29 is 0 Å². The van der Waals surface area contributed by atoms with Gasteiger partial charge in [0.25, 0.3) is 0 Å². The summed E-state index contributed by atoms with van der Waals surface area (Å²) >= 11 is 0. The monoisotopic (exact) mass is 346 g/mol. The van der Waals surface area contributed by atoms with E-state index in [2.05, 4.69) is 25.8 Å². The van der Waals surface area contributed by atoms with Gasteiger partial charge >= 0.3 is 5.69 Å². The first kappa shape index (κ1) is 16.5. The van der Waals surface area contributed by atoms with Crippen LogP contribution in [0.5, 0.6) is 0 Å². The molecule has 0 aliphatic rings. The Hall–Kier alpha value is -2.95. The lowest BCUT2D eigenvalue weighted by Gasteiger charge is -2.18. The summed E-state index contributed by atoms with van der Waals surface area (Å²) < 4.78 is 3.56. The predicted octanol–water partition coefficient (Wildman–Crippen LogP) is 4.00. The summed E-state index contributed by atoms with van der Waals surface area (Å²) in [6.45, 7) is 7.09. The van der Waals surface area contributed by atoms with Gasteiger partial charge in [-0.1, -0.05) is 39.0 Å². The molecule has 0 saturated heterocycles. The fraction of sp³-hybridized carbons (Fsp3) is 0.286. The van der Waals surface area contributed by atoms with Crippen LogP contribution in [0.15, 0.2) is 53.5 Å². The maximum Gasteiger partial charge on any atom is 0.328 e. The van der Waals surface area contributed by atoms with Gasteiger partial charge in [-0.2, -0.15) is 0 Å². The highest BCUT2D eigenvalue weighted by molar-refractivity contribution is 5.83. The lowest BCUT2D eigenvalue weighted by atomic mass is 9.97. The van der Waals surface area contributed by atoms with Gasteiger partial charge in [0.1, 0.15) is 0 Å². The van der Waals surface area contributed by atoms with Crippen LogP contribution in [-0.2, 0) is 13.6 Å². The second-order valence-corrected chi connectivity index (χ2v) is 7.94. The SMILES string of the molecule is Cn1c(=O)n(CC(C)(C)C)c2ccc(-c3cnc4ccccc4n3)cc21. The molecule has 4 aromatic rings. The summed E-state index contributed by atoms with van der Waals surface area (Å²) in [4.78, 5) is 21.9. The standard InChI is InChI=1S/C21H22N4O/c1-21(2,3)13-25-18-10-9-14(11-19(18)24(4)20(25)26)17-12-22-15-7-5-6-8-16(15)23-17/h5-12H,13H2,1-4H3. The molecular weight excluding hydrogens is 324 g/mol. The molecule has 0 aliphatic carbocycles. The van der Waals surface area contributed by atoms with E-state index in [0.29, 0.717) is 6.54 Å². The van der Waals surface area contributed by atoms with Crippen molar-refractivity contribution in [1.29, 1.82) is 0 Å². The molecule has 26 heavy (non-hydrogen) atoms. The fourth-order valence-electron chi connectivity index (χ4n) is 3.29. The lowest BCUT2D eigenvalue weighted by Crippen LogP contribution is -2.27. The Bertz CT molecular complexity index is 1180. The van der Waals surface area contributed by atoms with Crippen LogP contribution in [0.1, 0.15) is 20.8 Å². The number of aromatic nitrogens is 4. The molecule has 5 heteroatoms. The van der Waals surface area contributed by atoms with Crippen LogP contribution in [0.3, 0.4) is 0 Å². The van der Waals surface area contributed by atoms with Crippen LogP contribution in [0, 0.1) is 5.41 Å². The molecule has 0 bridgehead atoms. The number of benzene rings is 2. The third kappa shape index (κ3) is 2.79. The van der Waals surface area contributed by atoms with E-state index >= 15 is 0 Å². The first-order chi connectivity index (χ1) is 12.3. The van der Waals surface area contributed by atoms with Gasteiger partial charge < -0.3 is 0 Å². The van der Waals surface area contributed by atoms with Gasteiger partial charge in [-0.3, -0.25) is 14.1 Å². The maximum atomic E-state index is 12.7. The van der Waals surface area contributed by atoms with Crippen molar-refractivity contribution in [2.75, 3.05) is 0 Å². The first-order valence-corrected chi connectivity index (χ1v) is 8.75. The number of aryl methyl sites for hydroxylation is 1. The van der Waals surface area contributed by atoms with E-state index in [1.165, 1.54) is 0 Å². The van der Waals surface area contributed by atoms with Gasteiger partial charge in [0.2, 0.25) is 0 Å².